The number of rotatable bonds is 5. The van der Waals surface area contributed by atoms with Crippen molar-refractivity contribution in [3.63, 3.8) is 0 Å². The van der Waals surface area contributed by atoms with E-state index in [0.717, 1.165) is 30.4 Å². The highest BCUT2D eigenvalue weighted by Gasteiger charge is 2.21. The number of nitrogens with two attached hydrogens (primary N) is 1. The average Bonchev–Trinajstić information content (AvgIpc) is 2.75. The van der Waals surface area contributed by atoms with Gasteiger partial charge in [0.25, 0.3) is 0 Å². The number of carbonyl (C=O) groups excluding carboxylic acids is 1. The number of nitrogen functional groups attached to an aromatic ring is 1. The van der Waals surface area contributed by atoms with Gasteiger partial charge in [-0.1, -0.05) is 50.6 Å². The summed E-state index contributed by atoms with van der Waals surface area (Å²) in [7, 11) is 0. The zero-order valence-electron chi connectivity index (χ0n) is 11.4. The second kappa shape index (κ2) is 6.02. The van der Waals surface area contributed by atoms with Crippen LogP contribution in [0.15, 0.2) is 30.3 Å². The minimum absolute atomic E-state index is 0.0532. The molecule has 19 heavy (non-hydrogen) atoms. The maximum atomic E-state index is 12.6. The van der Waals surface area contributed by atoms with Crippen LogP contribution in [-0.2, 0) is 12.8 Å². The normalized spacial score (nSPS) is 10.6. The highest BCUT2D eigenvalue weighted by atomic mass is 32.1. The number of aryl methyl sites for hydroxylation is 1. The van der Waals surface area contributed by atoms with Gasteiger partial charge in [-0.05, 0) is 18.4 Å². The number of thiophene rings is 1. The molecule has 2 rings (SSSR count). The summed E-state index contributed by atoms with van der Waals surface area (Å²) in [6, 6.07) is 9.38. The van der Waals surface area contributed by atoms with Gasteiger partial charge in [-0.15, -0.1) is 11.3 Å². The molecule has 0 aliphatic heterocycles. The molecule has 0 radical (unpaired) electrons. The van der Waals surface area contributed by atoms with Crippen LogP contribution in [0.4, 0.5) is 5.00 Å². The van der Waals surface area contributed by atoms with Gasteiger partial charge in [-0.25, -0.2) is 0 Å². The summed E-state index contributed by atoms with van der Waals surface area (Å²) in [6.07, 6.45) is 2.88. The van der Waals surface area contributed by atoms with Gasteiger partial charge in [-0.2, -0.15) is 0 Å². The molecule has 1 aromatic carbocycles. The molecular weight excluding hydrogens is 254 g/mol. The highest BCUT2D eigenvalue weighted by molar-refractivity contribution is 7.16. The average molecular weight is 273 g/mol. The minimum atomic E-state index is 0.0532. The van der Waals surface area contributed by atoms with Crippen molar-refractivity contribution >= 4 is 22.1 Å². The molecule has 0 spiro atoms. The molecule has 100 valence electrons. The van der Waals surface area contributed by atoms with Crippen molar-refractivity contribution < 1.29 is 4.79 Å². The van der Waals surface area contributed by atoms with Gasteiger partial charge in [0.05, 0.1) is 10.6 Å². The van der Waals surface area contributed by atoms with Gasteiger partial charge in [0, 0.05) is 10.4 Å². The maximum Gasteiger partial charge on any atom is 0.196 e. The molecule has 3 heteroatoms. The molecule has 1 aromatic heterocycles. The van der Waals surface area contributed by atoms with Crippen LogP contribution < -0.4 is 5.73 Å². The van der Waals surface area contributed by atoms with E-state index >= 15 is 0 Å². The second-order valence-electron chi connectivity index (χ2n) is 4.54. The van der Waals surface area contributed by atoms with Gasteiger partial charge in [0.15, 0.2) is 5.78 Å². The third-order valence-electron chi connectivity index (χ3n) is 3.20. The smallest absolute Gasteiger partial charge is 0.196 e. The first-order valence-corrected chi connectivity index (χ1v) is 7.50. The molecule has 0 bridgehead atoms. The molecule has 0 saturated carbocycles. The van der Waals surface area contributed by atoms with Crippen molar-refractivity contribution in [2.45, 2.75) is 33.1 Å². The highest BCUT2D eigenvalue weighted by Crippen LogP contribution is 2.34. The number of hydrogen-bond acceptors (Lipinski definition) is 3. The summed E-state index contributed by atoms with van der Waals surface area (Å²) in [5.74, 6) is 0.0532. The summed E-state index contributed by atoms with van der Waals surface area (Å²) < 4.78 is 0. The fourth-order valence-corrected chi connectivity index (χ4v) is 3.37. The molecule has 0 amide bonds. The predicted octanol–water partition coefficient (Wildman–Crippen LogP) is 4.08. The van der Waals surface area contributed by atoms with E-state index in [1.54, 1.807) is 11.3 Å². The summed E-state index contributed by atoms with van der Waals surface area (Å²) in [5, 5.41) is 0.661. The monoisotopic (exact) mass is 273 g/mol. The van der Waals surface area contributed by atoms with Crippen LogP contribution >= 0.6 is 11.3 Å². The van der Waals surface area contributed by atoms with E-state index in [1.165, 1.54) is 4.88 Å². The first kappa shape index (κ1) is 13.8. The Labute approximate surface area is 118 Å². The van der Waals surface area contributed by atoms with Crippen molar-refractivity contribution in [3.8, 4) is 0 Å². The van der Waals surface area contributed by atoms with E-state index in [0.29, 0.717) is 10.6 Å². The van der Waals surface area contributed by atoms with E-state index in [4.69, 9.17) is 5.73 Å². The van der Waals surface area contributed by atoms with Crippen molar-refractivity contribution in [1.29, 1.82) is 0 Å². The van der Waals surface area contributed by atoms with E-state index in [1.807, 2.05) is 30.3 Å². The lowest BCUT2D eigenvalue weighted by Crippen LogP contribution is -2.06. The Morgan fingerprint density at radius 2 is 1.89 bits per heavy atom. The Balaban J connectivity index is 2.49. The molecule has 0 atom stereocenters. The topological polar surface area (TPSA) is 43.1 Å². The van der Waals surface area contributed by atoms with Crippen molar-refractivity contribution in [2.24, 2.45) is 0 Å². The molecule has 0 aliphatic rings. The Morgan fingerprint density at radius 1 is 1.21 bits per heavy atom. The Hall–Kier alpha value is -1.61. The quantitative estimate of drug-likeness (QED) is 0.834. The molecule has 0 saturated heterocycles. The molecular formula is C16H19NOS. The number of benzene rings is 1. The van der Waals surface area contributed by atoms with E-state index in [-0.39, 0.29) is 5.78 Å². The summed E-state index contributed by atoms with van der Waals surface area (Å²) >= 11 is 1.56. The van der Waals surface area contributed by atoms with Crippen molar-refractivity contribution in [2.75, 3.05) is 5.73 Å². The summed E-state index contributed by atoms with van der Waals surface area (Å²) in [5.41, 5.74) is 8.68. The SMILES string of the molecule is CCCc1c(CC)sc(N)c1C(=O)c1ccccc1. The van der Waals surface area contributed by atoms with E-state index in [9.17, 15) is 4.79 Å². The number of carbonyl (C=O) groups is 1. The largest absolute Gasteiger partial charge is 0.390 e. The van der Waals surface area contributed by atoms with Crippen molar-refractivity contribution in [3.05, 3.63) is 51.9 Å². The fraction of sp³-hybridized carbons (Fsp3) is 0.312. The van der Waals surface area contributed by atoms with Crippen LogP contribution in [0.1, 0.15) is 46.6 Å². The third kappa shape index (κ3) is 2.71. The standard InChI is InChI=1S/C16H19NOS/c1-3-8-12-13(4-2)19-16(17)14(12)15(18)11-9-6-5-7-10-11/h5-7,9-10H,3-4,8,17H2,1-2H3. The summed E-state index contributed by atoms with van der Waals surface area (Å²) in [4.78, 5) is 13.9. The lowest BCUT2D eigenvalue weighted by molar-refractivity contribution is 0.103. The first-order valence-electron chi connectivity index (χ1n) is 6.68. The lowest BCUT2D eigenvalue weighted by Gasteiger charge is -2.06. The van der Waals surface area contributed by atoms with E-state index < -0.39 is 0 Å². The zero-order chi connectivity index (χ0) is 13.8. The van der Waals surface area contributed by atoms with Crippen LogP contribution in [-0.4, -0.2) is 5.78 Å². The van der Waals surface area contributed by atoms with Crippen LogP contribution in [0, 0.1) is 0 Å². The molecule has 2 N–H and O–H groups in total. The zero-order valence-corrected chi connectivity index (χ0v) is 12.2. The van der Waals surface area contributed by atoms with Crippen LogP contribution in [0.25, 0.3) is 0 Å². The van der Waals surface area contributed by atoms with Gasteiger partial charge in [0.2, 0.25) is 0 Å². The molecule has 1 heterocycles. The van der Waals surface area contributed by atoms with Crippen LogP contribution in [0.3, 0.4) is 0 Å². The number of anilines is 1. The molecule has 0 fully saturated rings. The van der Waals surface area contributed by atoms with Crippen molar-refractivity contribution in [1.82, 2.24) is 0 Å². The van der Waals surface area contributed by atoms with Gasteiger partial charge < -0.3 is 5.73 Å². The maximum absolute atomic E-state index is 12.6. The van der Waals surface area contributed by atoms with Gasteiger partial charge >= 0.3 is 0 Å². The minimum Gasteiger partial charge on any atom is -0.390 e. The Morgan fingerprint density at radius 3 is 2.47 bits per heavy atom. The number of hydrogen-bond donors (Lipinski definition) is 1. The molecule has 2 aromatic rings. The van der Waals surface area contributed by atoms with Gasteiger partial charge in [0.1, 0.15) is 0 Å². The summed E-state index contributed by atoms with van der Waals surface area (Å²) in [6.45, 7) is 4.24. The van der Waals surface area contributed by atoms with Crippen LogP contribution in [0.2, 0.25) is 0 Å². The number of ketones is 1. The first-order chi connectivity index (χ1) is 9.19. The second-order valence-corrected chi connectivity index (χ2v) is 5.68. The predicted molar refractivity (Wildman–Crippen MR) is 82.0 cm³/mol. The fourth-order valence-electron chi connectivity index (χ4n) is 2.32. The third-order valence-corrected chi connectivity index (χ3v) is 4.41. The lowest BCUT2D eigenvalue weighted by atomic mass is 9.97. The Bertz CT molecular complexity index is 572. The van der Waals surface area contributed by atoms with Gasteiger partial charge in [-0.3, -0.25) is 4.79 Å². The Kier molecular flexibility index (Phi) is 4.38. The molecule has 0 aliphatic carbocycles. The van der Waals surface area contributed by atoms with E-state index in [2.05, 4.69) is 13.8 Å². The van der Waals surface area contributed by atoms with Crippen LogP contribution in [0.5, 0.6) is 0 Å². The molecule has 2 nitrogen and oxygen atoms in total. The molecule has 0 unspecified atom stereocenters.